The van der Waals surface area contributed by atoms with Crippen LogP contribution in [0, 0.1) is 6.92 Å². The van der Waals surface area contributed by atoms with E-state index in [-0.39, 0.29) is 17.5 Å². The second-order valence-electron chi connectivity index (χ2n) is 4.66. The minimum Gasteiger partial charge on any atom is -0.382 e. The molecule has 9 nitrogen and oxygen atoms in total. The molecule has 114 valence electrons. The van der Waals surface area contributed by atoms with Gasteiger partial charge in [-0.15, -0.1) is 0 Å². The Kier molecular flexibility index (Phi) is 4.53. The van der Waals surface area contributed by atoms with Gasteiger partial charge in [0.1, 0.15) is 0 Å². The van der Waals surface area contributed by atoms with E-state index < -0.39 is 5.91 Å². The molecule has 9 heteroatoms. The maximum atomic E-state index is 11.8. The minimum atomic E-state index is -0.700. The summed E-state index contributed by atoms with van der Waals surface area (Å²) in [7, 11) is 0. The van der Waals surface area contributed by atoms with Crippen LogP contribution < -0.4 is 22.1 Å². The van der Waals surface area contributed by atoms with E-state index in [0.29, 0.717) is 24.7 Å². The Hall–Kier alpha value is -2.42. The van der Waals surface area contributed by atoms with Crippen molar-refractivity contribution in [2.24, 2.45) is 16.5 Å². The fraction of sp³-hybridized carbons (Fsp3) is 0.500. The Labute approximate surface area is 122 Å². The van der Waals surface area contributed by atoms with Crippen molar-refractivity contribution in [1.82, 2.24) is 9.97 Å². The van der Waals surface area contributed by atoms with Gasteiger partial charge < -0.3 is 26.8 Å². The number of nitrogens with zero attached hydrogens (tertiary/aromatic N) is 4. The first-order valence-electron chi connectivity index (χ1n) is 6.60. The molecule has 2 heterocycles. The first kappa shape index (κ1) is 15.0. The molecule has 0 atom stereocenters. The fourth-order valence-electron chi connectivity index (χ4n) is 2.11. The van der Waals surface area contributed by atoms with E-state index in [2.05, 4.69) is 15.0 Å². The number of amides is 1. The van der Waals surface area contributed by atoms with Gasteiger partial charge in [-0.2, -0.15) is 4.99 Å². The Morgan fingerprint density at radius 3 is 2.76 bits per heavy atom. The zero-order chi connectivity index (χ0) is 15.4. The van der Waals surface area contributed by atoms with Crippen LogP contribution in [0.2, 0.25) is 0 Å². The summed E-state index contributed by atoms with van der Waals surface area (Å²) >= 11 is 0. The molecule has 1 aromatic heterocycles. The molecule has 1 fully saturated rings. The fourth-order valence-corrected chi connectivity index (χ4v) is 2.11. The first-order chi connectivity index (χ1) is 9.99. The number of aryl methyl sites for hydroxylation is 1. The van der Waals surface area contributed by atoms with Crippen molar-refractivity contribution in [3.63, 3.8) is 0 Å². The van der Waals surface area contributed by atoms with Crippen molar-refractivity contribution >= 4 is 23.5 Å². The molecule has 0 aliphatic carbocycles. The van der Waals surface area contributed by atoms with Gasteiger partial charge in [0.15, 0.2) is 23.3 Å². The lowest BCUT2D eigenvalue weighted by molar-refractivity contribution is 0.0998. The lowest BCUT2D eigenvalue weighted by Crippen LogP contribution is -2.29. The third kappa shape index (κ3) is 3.57. The number of aromatic nitrogens is 2. The number of rotatable bonds is 2. The van der Waals surface area contributed by atoms with Gasteiger partial charge in [-0.3, -0.25) is 4.79 Å². The molecule has 1 saturated heterocycles. The van der Waals surface area contributed by atoms with E-state index in [1.54, 1.807) is 6.92 Å². The van der Waals surface area contributed by atoms with Gasteiger partial charge in [0.05, 0.1) is 12.3 Å². The highest BCUT2D eigenvalue weighted by atomic mass is 16.5. The molecule has 1 aromatic rings. The predicted octanol–water partition coefficient (Wildman–Crippen LogP) is -0.992. The molecule has 1 amide bonds. The Balaban J connectivity index is 2.32. The monoisotopic (exact) mass is 293 g/mol. The smallest absolute Gasteiger partial charge is 0.302 e. The molecule has 0 spiro atoms. The molecular formula is C12H19N7O2. The van der Waals surface area contributed by atoms with Gasteiger partial charge in [-0.1, -0.05) is 0 Å². The van der Waals surface area contributed by atoms with Crippen LogP contribution >= 0.6 is 0 Å². The molecule has 0 unspecified atom stereocenters. The van der Waals surface area contributed by atoms with E-state index in [1.165, 1.54) is 0 Å². The highest BCUT2D eigenvalue weighted by Crippen LogP contribution is 2.20. The second kappa shape index (κ2) is 6.35. The summed E-state index contributed by atoms with van der Waals surface area (Å²) < 4.78 is 5.40. The quantitative estimate of drug-likeness (QED) is 0.465. The summed E-state index contributed by atoms with van der Waals surface area (Å²) in [5.74, 6) is -0.378. The SMILES string of the molecule is Cc1nc(C(=O)N=C(N)N)c(N)nc1N1CCCOCC1. The number of nitrogen functional groups attached to an aromatic ring is 1. The van der Waals surface area contributed by atoms with Crippen molar-refractivity contribution in [2.45, 2.75) is 13.3 Å². The van der Waals surface area contributed by atoms with Crippen LogP contribution in [-0.4, -0.2) is 48.1 Å². The standard InChI is InChI=1S/C12H19N7O2/c1-7-10(19-3-2-5-21-6-4-19)17-9(13)8(16-7)11(20)18-12(14)15/h2-6H2,1H3,(H2,13,17)(H4,14,15,18,20). The summed E-state index contributed by atoms with van der Waals surface area (Å²) in [4.78, 5) is 25.7. The van der Waals surface area contributed by atoms with Crippen molar-refractivity contribution < 1.29 is 9.53 Å². The van der Waals surface area contributed by atoms with Gasteiger partial charge in [0.25, 0.3) is 0 Å². The number of hydrogen-bond donors (Lipinski definition) is 3. The molecule has 0 saturated carbocycles. The average molecular weight is 293 g/mol. The number of ether oxygens (including phenoxy) is 1. The van der Waals surface area contributed by atoms with Crippen LogP contribution in [-0.2, 0) is 4.74 Å². The Bertz CT molecular complexity index is 561. The number of guanidine groups is 1. The molecule has 0 radical (unpaired) electrons. The highest BCUT2D eigenvalue weighted by molar-refractivity contribution is 6.03. The zero-order valence-electron chi connectivity index (χ0n) is 11.9. The molecule has 21 heavy (non-hydrogen) atoms. The number of aliphatic imine (C=N–C) groups is 1. The van der Waals surface area contributed by atoms with Crippen LogP contribution in [0.3, 0.4) is 0 Å². The zero-order valence-corrected chi connectivity index (χ0v) is 11.9. The molecule has 1 aliphatic heterocycles. The highest BCUT2D eigenvalue weighted by Gasteiger charge is 2.20. The van der Waals surface area contributed by atoms with Gasteiger partial charge in [-0.05, 0) is 13.3 Å². The van der Waals surface area contributed by atoms with Crippen molar-refractivity contribution in [2.75, 3.05) is 36.9 Å². The molecule has 1 aliphatic rings. The number of hydrogen-bond acceptors (Lipinski definition) is 6. The van der Waals surface area contributed by atoms with Gasteiger partial charge >= 0.3 is 5.91 Å². The minimum absolute atomic E-state index is 0.00997. The maximum Gasteiger partial charge on any atom is 0.302 e. The van der Waals surface area contributed by atoms with Crippen LogP contribution in [0.1, 0.15) is 22.6 Å². The first-order valence-corrected chi connectivity index (χ1v) is 6.60. The third-order valence-electron chi connectivity index (χ3n) is 3.03. The van der Waals surface area contributed by atoms with E-state index in [4.69, 9.17) is 21.9 Å². The van der Waals surface area contributed by atoms with Gasteiger partial charge in [-0.25, -0.2) is 9.97 Å². The van der Waals surface area contributed by atoms with E-state index in [0.717, 1.165) is 19.6 Å². The van der Waals surface area contributed by atoms with E-state index in [1.807, 2.05) is 4.90 Å². The molecule has 2 rings (SSSR count). The number of nitrogens with two attached hydrogens (primary N) is 3. The van der Waals surface area contributed by atoms with Gasteiger partial charge in [0, 0.05) is 19.7 Å². The van der Waals surface area contributed by atoms with Crippen LogP contribution in [0.5, 0.6) is 0 Å². The predicted molar refractivity (Wildman–Crippen MR) is 79.0 cm³/mol. The van der Waals surface area contributed by atoms with E-state index >= 15 is 0 Å². The van der Waals surface area contributed by atoms with Crippen molar-refractivity contribution in [3.05, 3.63) is 11.4 Å². The summed E-state index contributed by atoms with van der Waals surface area (Å²) in [6.07, 6.45) is 0.899. The normalized spacial score (nSPS) is 15.4. The summed E-state index contributed by atoms with van der Waals surface area (Å²) in [5.41, 5.74) is 16.7. The molecule has 0 bridgehead atoms. The summed E-state index contributed by atoms with van der Waals surface area (Å²) in [6.45, 7) is 4.61. The van der Waals surface area contributed by atoms with Crippen molar-refractivity contribution in [3.8, 4) is 0 Å². The van der Waals surface area contributed by atoms with Gasteiger partial charge in [0.2, 0.25) is 0 Å². The second-order valence-corrected chi connectivity index (χ2v) is 4.66. The van der Waals surface area contributed by atoms with Crippen LogP contribution in [0.4, 0.5) is 11.6 Å². The summed E-state index contributed by atoms with van der Waals surface area (Å²) in [5, 5.41) is 0. The Morgan fingerprint density at radius 2 is 2.05 bits per heavy atom. The molecule has 6 N–H and O–H groups in total. The lowest BCUT2D eigenvalue weighted by Gasteiger charge is -2.22. The van der Waals surface area contributed by atoms with E-state index in [9.17, 15) is 4.79 Å². The number of carbonyl (C=O) groups excluding carboxylic acids is 1. The van der Waals surface area contributed by atoms with Crippen LogP contribution in [0.25, 0.3) is 0 Å². The molecule has 0 aromatic carbocycles. The third-order valence-corrected chi connectivity index (χ3v) is 3.03. The summed E-state index contributed by atoms with van der Waals surface area (Å²) in [6, 6.07) is 0. The largest absolute Gasteiger partial charge is 0.382 e. The topological polar surface area (TPSA) is 146 Å². The Morgan fingerprint density at radius 1 is 1.29 bits per heavy atom. The van der Waals surface area contributed by atoms with Crippen LogP contribution in [0.15, 0.2) is 4.99 Å². The number of carbonyl (C=O) groups is 1. The van der Waals surface area contributed by atoms with Crippen molar-refractivity contribution in [1.29, 1.82) is 0 Å². The molecular weight excluding hydrogens is 274 g/mol. The average Bonchev–Trinajstić information content (AvgIpc) is 2.69. The maximum absolute atomic E-state index is 11.8. The lowest BCUT2D eigenvalue weighted by atomic mass is 10.3. The number of anilines is 2.